The summed E-state index contributed by atoms with van der Waals surface area (Å²) in [5.41, 5.74) is 3.74. The fourth-order valence-corrected chi connectivity index (χ4v) is 10.1. The second kappa shape index (κ2) is 17.5. The number of hydrogen-bond acceptors (Lipinski definition) is 5. The maximum atomic E-state index is 14.8. The van der Waals surface area contributed by atoms with Crippen molar-refractivity contribution in [2.75, 3.05) is 0 Å². The molecule has 2 aromatic heterocycles. The number of halogens is 6. The Morgan fingerprint density at radius 3 is 1.23 bits per heavy atom. The van der Waals surface area contributed by atoms with Gasteiger partial charge in [0.1, 0.15) is 0 Å². The molecule has 0 fully saturated rings. The first-order valence-electron chi connectivity index (χ1n) is 22.7. The number of nitrogens with zero attached hydrogens (tertiary/aromatic N) is 7. The van der Waals surface area contributed by atoms with Gasteiger partial charge in [-0.2, -0.15) is 52.7 Å². The number of benzene rings is 9. The smallest absolute Gasteiger partial charge is 0.309 e. The summed E-state index contributed by atoms with van der Waals surface area (Å²) in [4.78, 5) is 0. The van der Waals surface area contributed by atoms with Crippen LogP contribution in [0.3, 0.4) is 0 Å². The van der Waals surface area contributed by atoms with Gasteiger partial charge in [0.05, 0.1) is 103 Å². The first-order chi connectivity index (χ1) is 35.7. The third-order valence-electron chi connectivity index (χ3n) is 13.3. The highest BCUT2D eigenvalue weighted by molar-refractivity contribution is 6.14. The quantitative estimate of drug-likeness (QED) is 0.153. The predicted octanol–water partition coefficient (Wildman–Crippen LogP) is 15.9. The van der Waals surface area contributed by atoms with Crippen molar-refractivity contribution in [2.45, 2.75) is 12.4 Å². The molecule has 0 radical (unpaired) electrons. The zero-order valence-corrected chi connectivity index (χ0v) is 38.1. The van der Waals surface area contributed by atoms with Crippen molar-refractivity contribution in [3.05, 3.63) is 215 Å². The van der Waals surface area contributed by atoms with Gasteiger partial charge in [-0.15, -0.1) is 0 Å². The molecule has 0 amide bonds. The first-order valence-corrected chi connectivity index (χ1v) is 22.7. The van der Waals surface area contributed by atoms with Gasteiger partial charge in [-0.25, -0.2) is 0 Å². The van der Waals surface area contributed by atoms with Gasteiger partial charge in [0.25, 0.3) is 0 Å². The van der Waals surface area contributed by atoms with Crippen LogP contribution in [0.4, 0.5) is 26.3 Å². The fourth-order valence-electron chi connectivity index (χ4n) is 10.1. The average Bonchev–Trinajstić information content (AvgIpc) is 3.94. The summed E-state index contributed by atoms with van der Waals surface area (Å²) in [7, 11) is 0. The molecule has 0 N–H and O–H groups in total. The molecule has 11 aromatic rings. The lowest BCUT2D eigenvalue weighted by Gasteiger charge is -2.23. The summed E-state index contributed by atoms with van der Waals surface area (Å²) in [5.74, 6) is 0. The molecule has 0 spiro atoms. The number of alkyl halides is 6. The third-order valence-corrected chi connectivity index (χ3v) is 13.3. The lowest BCUT2D eigenvalue weighted by molar-refractivity contribution is -0.143. The number of fused-ring (bicyclic) bond motifs is 6. The molecule has 0 aliphatic carbocycles. The summed E-state index contributed by atoms with van der Waals surface area (Å²) < 4.78 is 92.4. The maximum Gasteiger partial charge on any atom is 0.416 e. The Bertz CT molecular complexity index is 4390. The Morgan fingerprint density at radius 2 is 0.770 bits per heavy atom. The monoisotopic (exact) mass is 973 g/mol. The van der Waals surface area contributed by atoms with Crippen LogP contribution < -0.4 is 0 Å². The minimum absolute atomic E-state index is 0.0326. The van der Waals surface area contributed by atoms with Crippen LogP contribution in [0, 0.1) is 56.7 Å². The van der Waals surface area contributed by atoms with Gasteiger partial charge >= 0.3 is 12.4 Å². The largest absolute Gasteiger partial charge is 0.416 e. The van der Waals surface area contributed by atoms with Crippen LogP contribution in [0.1, 0.15) is 38.9 Å². The topological polar surface area (TPSA) is 129 Å². The van der Waals surface area contributed by atoms with Gasteiger partial charge in [0, 0.05) is 32.7 Å². The zero-order valence-electron chi connectivity index (χ0n) is 38.1. The highest BCUT2D eigenvalue weighted by Gasteiger charge is 2.38. The molecule has 7 nitrogen and oxygen atoms in total. The summed E-state index contributed by atoms with van der Waals surface area (Å²) in [6, 6.07) is 57.5. The molecule has 0 aliphatic rings. The summed E-state index contributed by atoms with van der Waals surface area (Å²) in [6.07, 6.45) is -10.4. The molecule has 11 rings (SSSR count). The molecule has 0 aliphatic heterocycles. The second-order valence-corrected chi connectivity index (χ2v) is 17.4. The first kappa shape index (κ1) is 46.0. The number of hydrogen-bond donors (Lipinski definition) is 0. The van der Waals surface area contributed by atoms with Gasteiger partial charge in [0.15, 0.2) is 0 Å². The Balaban J connectivity index is 1.26. The molecule has 9 aromatic carbocycles. The molecule has 0 atom stereocenters. The van der Waals surface area contributed by atoms with E-state index in [-0.39, 0.29) is 39.4 Å². The van der Waals surface area contributed by atoms with Crippen LogP contribution in [-0.2, 0) is 12.4 Å². The Morgan fingerprint density at radius 1 is 0.324 bits per heavy atom. The van der Waals surface area contributed by atoms with Crippen LogP contribution in [0.15, 0.2) is 176 Å². The van der Waals surface area contributed by atoms with Crippen LogP contribution in [0.5, 0.6) is 0 Å². The number of rotatable bonds is 6. The lowest BCUT2D eigenvalue weighted by atomic mass is 9.87. The Hall–Kier alpha value is -10.4. The minimum Gasteiger partial charge on any atom is -0.309 e. The highest BCUT2D eigenvalue weighted by Crippen LogP contribution is 2.48. The molecule has 0 bridgehead atoms. The molecule has 13 heteroatoms. The molecule has 2 heterocycles. The van der Waals surface area contributed by atoms with Gasteiger partial charge in [-0.3, -0.25) is 0 Å². The predicted molar refractivity (Wildman–Crippen MR) is 270 cm³/mol. The van der Waals surface area contributed by atoms with E-state index in [0.717, 1.165) is 16.2 Å². The Labute approximate surface area is 417 Å². The normalized spacial score (nSPS) is 11.6. The molecular weight excluding hydrogens is 945 g/mol. The van der Waals surface area contributed by atoms with Crippen molar-refractivity contribution in [1.82, 2.24) is 9.13 Å². The van der Waals surface area contributed by atoms with E-state index in [1.165, 1.54) is 18.2 Å². The van der Waals surface area contributed by atoms with E-state index in [9.17, 15) is 52.7 Å². The van der Waals surface area contributed by atoms with Crippen molar-refractivity contribution in [3.63, 3.8) is 0 Å². The molecular formula is C61H29F6N7. The summed E-state index contributed by atoms with van der Waals surface area (Å²) in [6.45, 7) is 0. The summed E-state index contributed by atoms with van der Waals surface area (Å²) in [5, 5.41) is 53.4. The van der Waals surface area contributed by atoms with E-state index in [1.54, 1.807) is 66.7 Å². The lowest BCUT2D eigenvalue weighted by Crippen LogP contribution is -2.11. The zero-order chi connectivity index (χ0) is 51.6. The van der Waals surface area contributed by atoms with Crippen LogP contribution in [-0.4, -0.2) is 9.13 Å². The van der Waals surface area contributed by atoms with E-state index in [0.29, 0.717) is 84.3 Å². The second-order valence-electron chi connectivity index (χ2n) is 17.4. The molecule has 74 heavy (non-hydrogen) atoms. The van der Waals surface area contributed by atoms with Gasteiger partial charge in [-0.05, 0) is 130 Å². The van der Waals surface area contributed by atoms with E-state index in [2.05, 4.69) is 30.3 Å². The standard InChI is InChI=1S/C61H29F6N7/c62-60(63,64)43-25-40(26-44(29-43)61(65,66)67)47-10-6-14-57(74-53-12-4-2-9-49(53)51-28-38(18-22-55(51)74)46-20-16-36(31-69)24-42(46)34-72)59(47)58-39(32-70)7-5-13-56(58)73-52-11-3-1-8-48(52)50-27-37(17-21-54(50)73)45-19-15-35(30-68)23-41(45)33-71/h1-29H. The molecule has 0 saturated carbocycles. The van der Waals surface area contributed by atoms with Gasteiger partial charge in [0.2, 0.25) is 0 Å². The third kappa shape index (κ3) is 7.51. The molecule has 0 saturated heterocycles. The van der Waals surface area contributed by atoms with Crippen molar-refractivity contribution < 1.29 is 26.3 Å². The molecule has 350 valence electrons. The van der Waals surface area contributed by atoms with Crippen LogP contribution >= 0.6 is 0 Å². The SMILES string of the molecule is N#Cc1ccc(-c2ccc3c(c2)c2ccccc2n3-c2cccc(C#N)c2-c2c(-c3cc(C(F)(F)F)cc(C(F)(F)F)c3)cccc2-n2c3ccccc3c3cc(-c4ccc(C#N)cc4C#N)ccc32)c(C#N)c1. The van der Waals surface area contributed by atoms with Crippen molar-refractivity contribution in [1.29, 1.82) is 26.3 Å². The highest BCUT2D eigenvalue weighted by atomic mass is 19.4. The number of para-hydroxylation sites is 2. The van der Waals surface area contributed by atoms with Crippen LogP contribution in [0.25, 0.3) is 99.5 Å². The van der Waals surface area contributed by atoms with Gasteiger partial charge < -0.3 is 9.13 Å². The minimum atomic E-state index is -5.18. The van der Waals surface area contributed by atoms with Crippen molar-refractivity contribution >= 4 is 43.6 Å². The van der Waals surface area contributed by atoms with Crippen LogP contribution in [0.2, 0.25) is 0 Å². The van der Waals surface area contributed by atoms with Gasteiger partial charge in [-0.1, -0.05) is 78.9 Å². The van der Waals surface area contributed by atoms with Crippen molar-refractivity contribution in [2.24, 2.45) is 0 Å². The Kier molecular flexibility index (Phi) is 10.9. The average molecular weight is 974 g/mol. The number of nitriles is 5. The fraction of sp³-hybridized carbons (Fsp3) is 0.0328. The maximum absolute atomic E-state index is 14.8. The van der Waals surface area contributed by atoms with E-state index in [1.807, 2.05) is 81.9 Å². The van der Waals surface area contributed by atoms with E-state index in [4.69, 9.17) is 0 Å². The molecule has 0 unspecified atom stereocenters. The van der Waals surface area contributed by atoms with Crippen molar-refractivity contribution in [3.8, 4) is 86.2 Å². The van der Waals surface area contributed by atoms with E-state index >= 15 is 0 Å². The summed E-state index contributed by atoms with van der Waals surface area (Å²) >= 11 is 0. The van der Waals surface area contributed by atoms with E-state index < -0.39 is 29.0 Å². The number of aromatic nitrogens is 2.